The van der Waals surface area contributed by atoms with Crippen LogP contribution >= 0.6 is 0 Å². The summed E-state index contributed by atoms with van der Waals surface area (Å²) in [6.45, 7) is 1.61. The normalized spacial score (nSPS) is 12.1. The summed E-state index contributed by atoms with van der Waals surface area (Å²) in [5.41, 5.74) is 0.208. The summed E-state index contributed by atoms with van der Waals surface area (Å²) in [5.74, 6) is -0.826. The fraction of sp³-hybridized carbons (Fsp3) is 0.267. The first-order valence-electron chi connectivity index (χ1n) is 7.45. The van der Waals surface area contributed by atoms with Crippen molar-refractivity contribution in [3.8, 4) is 11.6 Å². The number of amides is 1. The third kappa shape index (κ3) is 4.03. The van der Waals surface area contributed by atoms with E-state index in [1.165, 1.54) is 12.4 Å². The predicted octanol–water partition coefficient (Wildman–Crippen LogP) is 1.94. The van der Waals surface area contributed by atoms with Crippen molar-refractivity contribution in [2.24, 2.45) is 0 Å². The van der Waals surface area contributed by atoms with E-state index in [9.17, 15) is 13.6 Å². The highest BCUT2D eigenvalue weighted by atomic mass is 19.1. The lowest BCUT2D eigenvalue weighted by molar-refractivity contribution is -0.121. The molecule has 2 N–H and O–H groups in total. The highest BCUT2D eigenvalue weighted by Gasteiger charge is 2.16. The number of H-pyrrole nitrogens is 1. The Bertz CT molecular complexity index is 865. The van der Waals surface area contributed by atoms with Gasteiger partial charge in [0.2, 0.25) is 17.6 Å². The van der Waals surface area contributed by atoms with Crippen LogP contribution in [0.1, 0.15) is 30.8 Å². The van der Waals surface area contributed by atoms with Crippen LogP contribution < -0.4 is 5.32 Å². The van der Waals surface area contributed by atoms with Gasteiger partial charge < -0.3 is 9.84 Å². The van der Waals surface area contributed by atoms with E-state index < -0.39 is 17.7 Å². The third-order valence-corrected chi connectivity index (χ3v) is 3.47. The fourth-order valence-electron chi connectivity index (χ4n) is 2.23. The zero-order valence-corrected chi connectivity index (χ0v) is 13.2. The van der Waals surface area contributed by atoms with Crippen LogP contribution in [-0.4, -0.2) is 31.2 Å². The number of hydrogen-bond acceptors (Lipinski definition) is 6. The molecule has 2 aromatic heterocycles. The van der Waals surface area contributed by atoms with Crippen LogP contribution in [-0.2, 0) is 11.2 Å². The monoisotopic (exact) mass is 348 g/mol. The molecule has 0 saturated carbocycles. The van der Waals surface area contributed by atoms with Gasteiger partial charge in [-0.05, 0) is 13.0 Å². The van der Waals surface area contributed by atoms with E-state index >= 15 is 0 Å². The summed E-state index contributed by atoms with van der Waals surface area (Å²) < 4.78 is 31.7. The van der Waals surface area contributed by atoms with E-state index in [4.69, 9.17) is 4.52 Å². The topological polar surface area (TPSA) is 110 Å². The maximum absolute atomic E-state index is 13.7. The Morgan fingerprint density at radius 3 is 2.96 bits per heavy atom. The van der Waals surface area contributed by atoms with E-state index in [2.05, 4.69) is 30.6 Å². The molecule has 0 aliphatic rings. The zero-order valence-electron chi connectivity index (χ0n) is 13.2. The van der Waals surface area contributed by atoms with Gasteiger partial charge in [0.15, 0.2) is 5.82 Å². The molecule has 130 valence electrons. The van der Waals surface area contributed by atoms with Crippen LogP contribution in [0.25, 0.3) is 11.6 Å². The molecule has 0 spiro atoms. The van der Waals surface area contributed by atoms with Crippen molar-refractivity contribution in [1.29, 1.82) is 0 Å². The van der Waals surface area contributed by atoms with Gasteiger partial charge in [0, 0.05) is 24.5 Å². The van der Waals surface area contributed by atoms with E-state index in [0.717, 1.165) is 12.1 Å². The van der Waals surface area contributed by atoms with Gasteiger partial charge in [-0.15, -0.1) is 0 Å². The number of nitrogens with zero attached hydrogens (tertiary/aromatic N) is 4. The second-order valence-corrected chi connectivity index (χ2v) is 5.30. The minimum atomic E-state index is -0.707. The molecule has 0 aliphatic heterocycles. The molecule has 1 amide bonds. The lowest BCUT2D eigenvalue weighted by Gasteiger charge is -2.14. The van der Waals surface area contributed by atoms with Crippen molar-refractivity contribution in [3.63, 3.8) is 0 Å². The number of nitrogens with one attached hydrogen (secondary N) is 2. The molecule has 0 fully saturated rings. The fourth-order valence-corrected chi connectivity index (χ4v) is 2.23. The van der Waals surface area contributed by atoms with E-state index in [1.807, 2.05) is 0 Å². The first-order valence-corrected chi connectivity index (χ1v) is 7.45. The summed E-state index contributed by atoms with van der Waals surface area (Å²) in [6, 6.07) is 2.63. The molecule has 3 aromatic rings. The molecule has 0 bridgehead atoms. The number of aromatic amines is 1. The Labute approximate surface area is 140 Å². The van der Waals surface area contributed by atoms with Crippen LogP contribution in [0.2, 0.25) is 0 Å². The molecule has 2 heterocycles. The molecule has 0 radical (unpaired) electrons. The molecule has 3 rings (SSSR count). The number of halogens is 2. The van der Waals surface area contributed by atoms with Gasteiger partial charge in [0.1, 0.15) is 18.0 Å². The number of aromatic nitrogens is 5. The average molecular weight is 348 g/mol. The van der Waals surface area contributed by atoms with Gasteiger partial charge in [-0.3, -0.25) is 9.89 Å². The van der Waals surface area contributed by atoms with E-state index in [1.54, 1.807) is 6.92 Å². The van der Waals surface area contributed by atoms with E-state index in [0.29, 0.717) is 5.82 Å². The second kappa shape index (κ2) is 7.16. The molecule has 25 heavy (non-hydrogen) atoms. The molecule has 1 unspecified atom stereocenters. The Balaban J connectivity index is 1.54. The maximum atomic E-state index is 13.7. The van der Waals surface area contributed by atoms with Crippen molar-refractivity contribution in [2.75, 3.05) is 0 Å². The number of rotatable bonds is 6. The van der Waals surface area contributed by atoms with Gasteiger partial charge in [0.25, 0.3) is 0 Å². The molecular weight excluding hydrogens is 334 g/mol. The van der Waals surface area contributed by atoms with Crippen molar-refractivity contribution in [2.45, 2.75) is 25.8 Å². The van der Waals surface area contributed by atoms with Gasteiger partial charge in [-0.2, -0.15) is 10.1 Å². The quantitative estimate of drug-likeness (QED) is 0.704. The highest BCUT2D eigenvalue weighted by molar-refractivity contribution is 5.76. The Morgan fingerprint density at radius 1 is 1.40 bits per heavy atom. The minimum absolute atomic E-state index is 0.0746. The summed E-state index contributed by atoms with van der Waals surface area (Å²) in [7, 11) is 0. The van der Waals surface area contributed by atoms with Crippen LogP contribution in [0.5, 0.6) is 0 Å². The Hall–Kier alpha value is -3.17. The van der Waals surface area contributed by atoms with Gasteiger partial charge in [0.05, 0.1) is 6.04 Å². The van der Waals surface area contributed by atoms with Gasteiger partial charge in [-0.1, -0.05) is 11.2 Å². The summed E-state index contributed by atoms with van der Waals surface area (Å²) in [5, 5.41) is 12.6. The minimum Gasteiger partial charge on any atom is -0.349 e. The van der Waals surface area contributed by atoms with Crippen molar-refractivity contribution < 1.29 is 18.1 Å². The number of carbonyl (C=O) groups is 1. The molecule has 10 heteroatoms. The number of hydrogen-bond donors (Lipinski definition) is 2. The van der Waals surface area contributed by atoms with Crippen molar-refractivity contribution in [1.82, 2.24) is 30.6 Å². The second-order valence-electron chi connectivity index (χ2n) is 5.30. The third-order valence-electron chi connectivity index (χ3n) is 3.47. The molecule has 0 aliphatic carbocycles. The van der Waals surface area contributed by atoms with E-state index in [-0.39, 0.29) is 36.0 Å². The lowest BCUT2D eigenvalue weighted by Crippen LogP contribution is -2.27. The zero-order chi connectivity index (χ0) is 17.8. The Kier molecular flexibility index (Phi) is 4.78. The largest absolute Gasteiger partial charge is 0.349 e. The van der Waals surface area contributed by atoms with Crippen LogP contribution in [0.15, 0.2) is 29.0 Å². The number of carbonyl (C=O) groups excluding carboxylic acids is 1. The van der Waals surface area contributed by atoms with Crippen LogP contribution in [0, 0.1) is 11.6 Å². The van der Waals surface area contributed by atoms with Gasteiger partial charge in [-0.25, -0.2) is 13.8 Å². The first-order chi connectivity index (χ1) is 12.0. The summed E-state index contributed by atoms with van der Waals surface area (Å²) in [4.78, 5) is 20.0. The highest BCUT2D eigenvalue weighted by Crippen LogP contribution is 2.18. The molecule has 0 saturated heterocycles. The SMILES string of the molecule is CC(NC(=O)CCc1nc(-c2ncn[nH]2)no1)c1ccc(F)cc1F. The first kappa shape index (κ1) is 16.7. The molecule has 1 aromatic carbocycles. The number of benzene rings is 1. The smallest absolute Gasteiger partial charge is 0.239 e. The lowest BCUT2D eigenvalue weighted by atomic mass is 10.1. The Morgan fingerprint density at radius 2 is 2.24 bits per heavy atom. The van der Waals surface area contributed by atoms with Crippen LogP contribution in [0.3, 0.4) is 0 Å². The van der Waals surface area contributed by atoms with Crippen molar-refractivity contribution >= 4 is 5.91 Å². The summed E-state index contributed by atoms with van der Waals surface area (Å²) in [6.07, 6.45) is 1.60. The average Bonchev–Trinajstić information content (AvgIpc) is 3.24. The maximum Gasteiger partial charge on any atom is 0.239 e. The van der Waals surface area contributed by atoms with Crippen molar-refractivity contribution in [3.05, 3.63) is 47.6 Å². The predicted molar refractivity (Wildman–Crippen MR) is 80.9 cm³/mol. The number of aryl methyl sites for hydroxylation is 1. The van der Waals surface area contributed by atoms with Gasteiger partial charge >= 0.3 is 0 Å². The van der Waals surface area contributed by atoms with Crippen LogP contribution in [0.4, 0.5) is 8.78 Å². The molecule has 1 atom stereocenters. The summed E-state index contributed by atoms with van der Waals surface area (Å²) >= 11 is 0. The molecular formula is C15H14F2N6O2. The molecule has 8 nitrogen and oxygen atoms in total. The standard InChI is InChI=1S/C15H14F2N6O2/c1-8(10-3-2-9(16)6-11(10)17)20-12(24)4-5-13-21-15(23-25-13)14-18-7-19-22-14/h2-3,6-8H,4-5H2,1H3,(H,20,24)(H,18,19,22).